The number of benzene rings is 1. The largest absolute Gasteiger partial charge is 0.361 e. The van der Waals surface area contributed by atoms with Crippen molar-refractivity contribution < 1.29 is 9.32 Å². The third-order valence-electron chi connectivity index (χ3n) is 4.72. The number of carbonyl (C=O) groups is 1. The van der Waals surface area contributed by atoms with Crippen LogP contribution >= 0.6 is 0 Å². The van der Waals surface area contributed by atoms with Gasteiger partial charge in [0.2, 0.25) is 11.5 Å². The van der Waals surface area contributed by atoms with Gasteiger partial charge >= 0.3 is 0 Å². The molecule has 0 fully saturated rings. The number of aromatic amines is 1. The van der Waals surface area contributed by atoms with E-state index < -0.39 is 0 Å². The number of amides is 1. The van der Waals surface area contributed by atoms with E-state index in [1.807, 2.05) is 26.0 Å². The number of hydrogen-bond donors (Lipinski definition) is 2. The maximum absolute atomic E-state index is 12.3. The van der Waals surface area contributed by atoms with Crippen LogP contribution in [-0.2, 0) is 16.6 Å². The van der Waals surface area contributed by atoms with Crippen molar-refractivity contribution in [2.45, 2.75) is 52.9 Å². The maximum atomic E-state index is 12.3. The molecule has 0 atom stereocenters. The molecule has 0 spiro atoms. The zero-order valence-corrected chi connectivity index (χ0v) is 16.4. The fourth-order valence-corrected chi connectivity index (χ4v) is 3.28. The van der Waals surface area contributed by atoms with Crippen LogP contribution in [0.25, 0.3) is 10.9 Å². The molecule has 142 valence electrons. The lowest BCUT2D eigenvalue weighted by Gasteiger charge is -2.21. The maximum Gasteiger partial charge on any atom is 0.248 e. The summed E-state index contributed by atoms with van der Waals surface area (Å²) in [6.07, 6.45) is 0.908. The Morgan fingerprint density at radius 3 is 2.59 bits per heavy atom. The Morgan fingerprint density at radius 2 is 1.96 bits per heavy atom. The second-order valence-electron chi connectivity index (χ2n) is 7.91. The van der Waals surface area contributed by atoms with E-state index >= 15 is 0 Å². The summed E-state index contributed by atoms with van der Waals surface area (Å²) in [6.45, 7) is 9.94. The number of carbonyl (C=O) groups excluding carboxylic acids is 1. The summed E-state index contributed by atoms with van der Waals surface area (Å²) in [6, 6.07) is 7.25. The minimum atomic E-state index is -0.147. The van der Waals surface area contributed by atoms with Gasteiger partial charge in [0, 0.05) is 29.1 Å². The number of anilines is 1. The molecule has 2 heterocycles. The third kappa shape index (κ3) is 4.10. The minimum Gasteiger partial charge on any atom is -0.361 e. The van der Waals surface area contributed by atoms with E-state index in [4.69, 9.17) is 4.52 Å². The van der Waals surface area contributed by atoms with E-state index in [0.29, 0.717) is 18.5 Å². The van der Waals surface area contributed by atoms with Crippen LogP contribution in [0, 0.1) is 13.8 Å². The van der Waals surface area contributed by atoms with Crippen LogP contribution in [0.2, 0.25) is 0 Å². The number of hydrogen-bond acceptors (Lipinski definition) is 4. The standard InChI is InChI=1S/C21H25N3O3/c1-12-15(13(2)27-24-12)8-9-19(25)22-14-6-7-16-17(21(3,4)5)11-20(26)23-18(16)10-14/h6-7,10-11H,8-9H2,1-5H3,(H,22,25)(H,23,26). The Hall–Kier alpha value is -2.89. The molecule has 0 saturated carbocycles. The lowest BCUT2D eigenvalue weighted by molar-refractivity contribution is -0.116. The molecule has 0 aliphatic rings. The van der Waals surface area contributed by atoms with Crippen molar-refractivity contribution in [3.05, 3.63) is 57.2 Å². The van der Waals surface area contributed by atoms with Gasteiger partial charge in [-0.25, -0.2) is 0 Å². The number of aryl methyl sites for hydroxylation is 2. The van der Waals surface area contributed by atoms with Gasteiger partial charge in [-0.2, -0.15) is 0 Å². The summed E-state index contributed by atoms with van der Waals surface area (Å²) in [7, 11) is 0. The molecule has 6 nitrogen and oxygen atoms in total. The Balaban J connectivity index is 1.79. The van der Waals surface area contributed by atoms with E-state index in [1.165, 1.54) is 0 Å². The zero-order chi connectivity index (χ0) is 19.8. The van der Waals surface area contributed by atoms with Gasteiger partial charge < -0.3 is 14.8 Å². The molecule has 0 unspecified atom stereocenters. The first-order valence-electron chi connectivity index (χ1n) is 9.04. The second kappa shape index (κ2) is 7.02. The summed E-state index contributed by atoms with van der Waals surface area (Å²) >= 11 is 0. The van der Waals surface area contributed by atoms with Crippen LogP contribution in [0.15, 0.2) is 33.6 Å². The fourth-order valence-electron chi connectivity index (χ4n) is 3.28. The summed E-state index contributed by atoms with van der Waals surface area (Å²) in [4.78, 5) is 27.2. The van der Waals surface area contributed by atoms with Crippen LogP contribution in [0.1, 0.15) is 49.8 Å². The molecule has 0 bridgehead atoms. The Morgan fingerprint density at radius 1 is 1.22 bits per heavy atom. The molecular weight excluding hydrogens is 342 g/mol. The molecule has 0 saturated heterocycles. The number of nitrogens with one attached hydrogen (secondary N) is 2. The molecular formula is C21H25N3O3. The molecule has 0 aliphatic carbocycles. The number of rotatable bonds is 4. The number of aromatic nitrogens is 2. The molecule has 1 aromatic carbocycles. The number of nitrogens with zero attached hydrogens (tertiary/aromatic N) is 1. The van der Waals surface area contributed by atoms with E-state index in [-0.39, 0.29) is 16.9 Å². The van der Waals surface area contributed by atoms with Crippen LogP contribution in [-0.4, -0.2) is 16.0 Å². The van der Waals surface area contributed by atoms with Crippen molar-refractivity contribution in [2.24, 2.45) is 0 Å². The highest BCUT2D eigenvalue weighted by molar-refractivity contribution is 5.94. The first kappa shape index (κ1) is 18.9. The van der Waals surface area contributed by atoms with Gasteiger partial charge in [0.05, 0.1) is 11.2 Å². The highest BCUT2D eigenvalue weighted by Crippen LogP contribution is 2.29. The van der Waals surface area contributed by atoms with Gasteiger partial charge in [-0.3, -0.25) is 9.59 Å². The van der Waals surface area contributed by atoms with Gasteiger partial charge in [-0.15, -0.1) is 0 Å². The highest BCUT2D eigenvalue weighted by Gasteiger charge is 2.18. The van der Waals surface area contributed by atoms with Gasteiger partial charge in [-0.05, 0) is 43.4 Å². The van der Waals surface area contributed by atoms with Crippen molar-refractivity contribution >= 4 is 22.5 Å². The molecule has 0 radical (unpaired) electrons. The molecule has 2 aromatic heterocycles. The van der Waals surface area contributed by atoms with Crippen molar-refractivity contribution in [1.82, 2.24) is 10.1 Å². The Bertz CT molecular complexity index is 1040. The lowest BCUT2D eigenvalue weighted by Crippen LogP contribution is -2.17. The van der Waals surface area contributed by atoms with Gasteiger partial charge in [0.1, 0.15) is 5.76 Å². The average molecular weight is 367 g/mol. The smallest absolute Gasteiger partial charge is 0.248 e. The van der Waals surface area contributed by atoms with Gasteiger partial charge in [0.15, 0.2) is 0 Å². The minimum absolute atomic E-state index is 0.0938. The summed E-state index contributed by atoms with van der Waals surface area (Å²) in [5, 5.41) is 7.79. The van der Waals surface area contributed by atoms with E-state index in [9.17, 15) is 9.59 Å². The molecule has 1 amide bonds. The van der Waals surface area contributed by atoms with E-state index in [0.717, 1.165) is 33.5 Å². The van der Waals surface area contributed by atoms with Gasteiger partial charge in [0.25, 0.3) is 0 Å². The van der Waals surface area contributed by atoms with Crippen LogP contribution in [0.4, 0.5) is 5.69 Å². The topological polar surface area (TPSA) is 88.0 Å². The number of pyridine rings is 1. The molecule has 0 aliphatic heterocycles. The molecule has 2 N–H and O–H groups in total. The van der Waals surface area contributed by atoms with E-state index in [1.54, 1.807) is 12.1 Å². The first-order chi connectivity index (χ1) is 12.6. The molecule has 6 heteroatoms. The lowest BCUT2D eigenvalue weighted by atomic mass is 9.85. The highest BCUT2D eigenvalue weighted by atomic mass is 16.5. The number of fused-ring (bicyclic) bond motifs is 1. The second-order valence-corrected chi connectivity index (χ2v) is 7.91. The predicted molar refractivity (Wildman–Crippen MR) is 106 cm³/mol. The molecule has 3 aromatic rings. The quantitative estimate of drug-likeness (QED) is 0.729. The van der Waals surface area contributed by atoms with Crippen molar-refractivity contribution in [3.63, 3.8) is 0 Å². The van der Waals surface area contributed by atoms with Crippen LogP contribution in [0.3, 0.4) is 0 Å². The van der Waals surface area contributed by atoms with Crippen LogP contribution < -0.4 is 10.9 Å². The van der Waals surface area contributed by atoms with Crippen molar-refractivity contribution in [1.29, 1.82) is 0 Å². The summed E-state index contributed by atoms with van der Waals surface area (Å²) in [5.74, 6) is 0.655. The summed E-state index contributed by atoms with van der Waals surface area (Å²) < 4.78 is 5.13. The third-order valence-corrected chi connectivity index (χ3v) is 4.72. The predicted octanol–water partition coefficient (Wildman–Crippen LogP) is 4.00. The van der Waals surface area contributed by atoms with Crippen molar-refractivity contribution in [2.75, 3.05) is 5.32 Å². The van der Waals surface area contributed by atoms with Crippen molar-refractivity contribution in [3.8, 4) is 0 Å². The van der Waals surface area contributed by atoms with Crippen LogP contribution in [0.5, 0.6) is 0 Å². The average Bonchev–Trinajstić information content (AvgIpc) is 2.89. The monoisotopic (exact) mass is 367 g/mol. The molecule has 3 rings (SSSR count). The SMILES string of the molecule is Cc1noc(C)c1CCC(=O)Nc1ccc2c(C(C)(C)C)cc(=O)[nH]c2c1. The normalized spacial score (nSPS) is 11.7. The summed E-state index contributed by atoms with van der Waals surface area (Å²) in [5.41, 5.74) is 3.86. The molecule has 27 heavy (non-hydrogen) atoms. The van der Waals surface area contributed by atoms with Gasteiger partial charge in [-0.1, -0.05) is 32.0 Å². The Kier molecular flexibility index (Phi) is 4.91. The van der Waals surface area contributed by atoms with E-state index in [2.05, 4.69) is 36.2 Å². The number of H-pyrrole nitrogens is 1. The zero-order valence-electron chi connectivity index (χ0n) is 16.4. The first-order valence-corrected chi connectivity index (χ1v) is 9.04. The Labute approximate surface area is 158 Å². The fraction of sp³-hybridized carbons (Fsp3) is 0.381.